The smallest absolute Gasteiger partial charge is 0.162 e. The molecule has 124 valence electrons. The zero-order chi connectivity index (χ0) is 16.7. The Morgan fingerprint density at radius 3 is 2.26 bits per heavy atom. The molecule has 0 aliphatic carbocycles. The summed E-state index contributed by atoms with van der Waals surface area (Å²) in [6, 6.07) is 11.5. The number of anilines is 1. The van der Waals surface area contributed by atoms with E-state index in [2.05, 4.69) is 19.9 Å². The molecule has 2 N–H and O–H groups in total. The summed E-state index contributed by atoms with van der Waals surface area (Å²) in [5.74, 6) is 2.35. The van der Waals surface area contributed by atoms with Crippen LogP contribution in [-0.2, 0) is 0 Å². The Balaban J connectivity index is 1.71. The average Bonchev–Trinajstić information content (AvgIpc) is 2.55. The summed E-state index contributed by atoms with van der Waals surface area (Å²) in [4.78, 5) is 0. The third-order valence-electron chi connectivity index (χ3n) is 3.80. The number of unbranched alkanes of at least 4 members (excludes halogenated alkanes) is 1. The lowest BCUT2D eigenvalue weighted by Gasteiger charge is -2.12. The number of hydrogen-bond donors (Lipinski definition) is 1. The van der Waals surface area contributed by atoms with E-state index in [9.17, 15) is 0 Å². The molecule has 0 unspecified atom stereocenters. The minimum atomic E-state index is 0.621. The van der Waals surface area contributed by atoms with Gasteiger partial charge in [0.25, 0.3) is 0 Å². The van der Waals surface area contributed by atoms with Crippen LogP contribution in [0.5, 0.6) is 17.2 Å². The fourth-order valence-corrected chi connectivity index (χ4v) is 2.25. The van der Waals surface area contributed by atoms with Gasteiger partial charge in [0.05, 0.1) is 20.3 Å². The molecule has 4 heteroatoms. The minimum Gasteiger partial charge on any atom is -0.493 e. The molecule has 0 aliphatic rings. The number of ether oxygens (including phenoxy) is 3. The minimum absolute atomic E-state index is 0.621. The van der Waals surface area contributed by atoms with Crippen molar-refractivity contribution in [3.63, 3.8) is 0 Å². The normalized spacial score (nSPS) is 10.4. The molecular formula is C19H25NO3. The van der Waals surface area contributed by atoms with Gasteiger partial charge in [0.1, 0.15) is 5.75 Å². The molecule has 0 atom stereocenters. The van der Waals surface area contributed by atoms with Crippen molar-refractivity contribution in [1.29, 1.82) is 0 Å². The van der Waals surface area contributed by atoms with E-state index in [1.165, 1.54) is 11.1 Å². The second kappa shape index (κ2) is 8.32. The largest absolute Gasteiger partial charge is 0.493 e. The van der Waals surface area contributed by atoms with Gasteiger partial charge in [-0.2, -0.15) is 0 Å². The zero-order valence-electron chi connectivity index (χ0n) is 14.1. The van der Waals surface area contributed by atoms with E-state index in [1.807, 2.05) is 24.3 Å². The Bertz CT molecular complexity index is 641. The summed E-state index contributed by atoms with van der Waals surface area (Å²) >= 11 is 0. The Labute approximate surface area is 138 Å². The Hall–Kier alpha value is -2.36. The van der Waals surface area contributed by atoms with Crippen LogP contribution in [0.3, 0.4) is 0 Å². The molecule has 0 bridgehead atoms. The average molecular weight is 315 g/mol. The van der Waals surface area contributed by atoms with Crippen LogP contribution < -0.4 is 19.9 Å². The molecule has 2 aromatic rings. The van der Waals surface area contributed by atoms with Crippen molar-refractivity contribution >= 4 is 5.69 Å². The Morgan fingerprint density at radius 2 is 1.57 bits per heavy atom. The number of rotatable bonds is 8. The van der Waals surface area contributed by atoms with E-state index in [0.29, 0.717) is 24.7 Å². The monoisotopic (exact) mass is 315 g/mol. The van der Waals surface area contributed by atoms with Gasteiger partial charge in [-0.1, -0.05) is 12.1 Å². The Kier molecular flexibility index (Phi) is 6.15. The van der Waals surface area contributed by atoms with E-state index < -0.39 is 0 Å². The van der Waals surface area contributed by atoms with Crippen LogP contribution >= 0.6 is 0 Å². The standard InChI is InChI=1S/C19H25NO3/c1-14-7-6-8-17(15(14)2)22-11-4-5-12-23-18-10-9-16(20)13-19(18)21-3/h6-10,13H,4-5,11-12,20H2,1-3H3. The molecule has 0 heterocycles. The second-order valence-corrected chi connectivity index (χ2v) is 5.51. The van der Waals surface area contributed by atoms with Crippen LogP contribution in [0.1, 0.15) is 24.0 Å². The van der Waals surface area contributed by atoms with Gasteiger partial charge in [-0.25, -0.2) is 0 Å². The lowest BCUT2D eigenvalue weighted by molar-refractivity contribution is 0.258. The maximum Gasteiger partial charge on any atom is 0.162 e. The third-order valence-corrected chi connectivity index (χ3v) is 3.80. The SMILES string of the molecule is COc1cc(N)ccc1OCCCCOc1cccc(C)c1C. The molecule has 0 spiro atoms. The summed E-state index contributed by atoms with van der Waals surface area (Å²) in [5.41, 5.74) is 8.84. The molecule has 0 saturated carbocycles. The molecule has 23 heavy (non-hydrogen) atoms. The van der Waals surface area contributed by atoms with Gasteiger partial charge in [0.15, 0.2) is 11.5 Å². The number of benzene rings is 2. The van der Waals surface area contributed by atoms with Crippen LogP contribution in [0.25, 0.3) is 0 Å². The summed E-state index contributed by atoms with van der Waals surface area (Å²) < 4.78 is 16.8. The molecule has 4 nitrogen and oxygen atoms in total. The third kappa shape index (κ3) is 4.81. The predicted octanol–water partition coefficient (Wildman–Crippen LogP) is 4.13. The number of methoxy groups -OCH3 is 1. The molecule has 0 aliphatic heterocycles. The summed E-state index contributed by atoms with van der Waals surface area (Å²) in [6.07, 6.45) is 1.85. The number of nitrogens with two attached hydrogens (primary N) is 1. The van der Waals surface area contributed by atoms with Gasteiger partial charge in [-0.15, -0.1) is 0 Å². The fraction of sp³-hybridized carbons (Fsp3) is 0.368. The molecule has 0 fully saturated rings. The quantitative estimate of drug-likeness (QED) is 0.588. The number of nitrogen functional groups attached to an aromatic ring is 1. The first-order chi connectivity index (χ1) is 11.1. The topological polar surface area (TPSA) is 53.7 Å². The van der Waals surface area contributed by atoms with Gasteiger partial charge in [-0.3, -0.25) is 0 Å². The maximum absolute atomic E-state index is 5.83. The molecular weight excluding hydrogens is 290 g/mol. The van der Waals surface area contributed by atoms with Gasteiger partial charge in [0.2, 0.25) is 0 Å². The maximum atomic E-state index is 5.83. The zero-order valence-corrected chi connectivity index (χ0v) is 14.1. The highest BCUT2D eigenvalue weighted by Gasteiger charge is 2.05. The summed E-state index contributed by atoms with van der Waals surface area (Å²) in [7, 11) is 1.61. The van der Waals surface area contributed by atoms with E-state index in [4.69, 9.17) is 19.9 Å². The van der Waals surface area contributed by atoms with Crippen molar-refractivity contribution in [3.05, 3.63) is 47.5 Å². The van der Waals surface area contributed by atoms with E-state index in [-0.39, 0.29) is 0 Å². The van der Waals surface area contributed by atoms with E-state index in [0.717, 1.165) is 24.3 Å². The predicted molar refractivity (Wildman–Crippen MR) is 93.5 cm³/mol. The molecule has 2 aromatic carbocycles. The van der Waals surface area contributed by atoms with E-state index >= 15 is 0 Å². The molecule has 0 amide bonds. The summed E-state index contributed by atoms with van der Waals surface area (Å²) in [5, 5.41) is 0. The van der Waals surface area contributed by atoms with Crippen molar-refractivity contribution in [2.45, 2.75) is 26.7 Å². The second-order valence-electron chi connectivity index (χ2n) is 5.51. The van der Waals surface area contributed by atoms with Crippen LogP contribution in [-0.4, -0.2) is 20.3 Å². The number of hydrogen-bond acceptors (Lipinski definition) is 4. The van der Waals surface area contributed by atoms with E-state index in [1.54, 1.807) is 13.2 Å². The first-order valence-corrected chi connectivity index (χ1v) is 7.87. The van der Waals surface area contributed by atoms with Crippen molar-refractivity contribution in [2.75, 3.05) is 26.1 Å². The molecule has 0 radical (unpaired) electrons. The van der Waals surface area contributed by atoms with Crippen molar-refractivity contribution < 1.29 is 14.2 Å². The van der Waals surface area contributed by atoms with Gasteiger partial charge in [-0.05, 0) is 56.0 Å². The van der Waals surface area contributed by atoms with Crippen LogP contribution in [0, 0.1) is 13.8 Å². The number of aryl methyl sites for hydroxylation is 1. The Morgan fingerprint density at radius 1 is 0.870 bits per heavy atom. The van der Waals surface area contributed by atoms with Crippen molar-refractivity contribution in [3.8, 4) is 17.2 Å². The van der Waals surface area contributed by atoms with Crippen LogP contribution in [0.2, 0.25) is 0 Å². The lowest BCUT2D eigenvalue weighted by atomic mass is 10.1. The highest BCUT2D eigenvalue weighted by molar-refractivity contribution is 5.51. The van der Waals surface area contributed by atoms with Gasteiger partial charge >= 0.3 is 0 Å². The highest BCUT2D eigenvalue weighted by Crippen LogP contribution is 2.29. The molecule has 0 aromatic heterocycles. The fourth-order valence-electron chi connectivity index (χ4n) is 2.25. The lowest BCUT2D eigenvalue weighted by Crippen LogP contribution is -2.04. The first kappa shape index (κ1) is 17.0. The molecule has 2 rings (SSSR count). The van der Waals surface area contributed by atoms with Crippen LogP contribution in [0.15, 0.2) is 36.4 Å². The highest BCUT2D eigenvalue weighted by atomic mass is 16.5. The van der Waals surface area contributed by atoms with Crippen molar-refractivity contribution in [2.24, 2.45) is 0 Å². The molecule has 0 saturated heterocycles. The van der Waals surface area contributed by atoms with Gasteiger partial charge in [0, 0.05) is 11.8 Å². The van der Waals surface area contributed by atoms with Gasteiger partial charge < -0.3 is 19.9 Å². The first-order valence-electron chi connectivity index (χ1n) is 7.87. The van der Waals surface area contributed by atoms with Crippen molar-refractivity contribution in [1.82, 2.24) is 0 Å². The summed E-state index contributed by atoms with van der Waals surface area (Å²) in [6.45, 7) is 5.49. The van der Waals surface area contributed by atoms with Crippen LogP contribution in [0.4, 0.5) is 5.69 Å².